The Morgan fingerprint density at radius 2 is 2.21 bits per heavy atom. The van der Waals surface area contributed by atoms with Gasteiger partial charge in [0.25, 0.3) is 0 Å². The molecule has 2 atom stereocenters. The van der Waals surface area contributed by atoms with Gasteiger partial charge in [-0.05, 0) is 13.0 Å². The average Bonchev–Trinajstić information content (AvgIpc) is 2.85. The summed E-state index contributed by atoms with van der Waals surface area (Å²) in [4.78, 5) is 22.6. The van der Waals surface area contributed by atoms with Crippen molar-refractivity contribution in [2.75, 3.05) is 38.3 Å². The minimum absolute atomic E-state index is 0.0660. The molecule has 104 valence electrons. The van der Waals surface area contributed by atoms with E-state index >= 15 is 0 Å². The first kappa shape index (κ1) is 13.7. The van der Waals surface area contributed by atoms with Crippen molar-refractivity contribution < 1.29 is 9.53 Å². The largest absolute Gasteiger partial charge is 0.384 e. The fourth-order valence-electron chi connectivity index (χ4n) is 2.47. The number of hydrogen-bond acceptors (Lipinski definition) is 5. The number of hydrogen-bond donors (Lipinski definition) is 1. The highest BCUT2D eigenvalue weighted by Gasteiger charge is 2.38. The van der Waals surface area contributed by atoms with Crippen LogP contribution in [0.2, 0.25) is 0 Å². The van der Waals surface area contributed by atoms with Gasteiger partial charge in [-0.3, -0.25) is 4.79 Å². The number of nitrogens with zero attached hydrogens (tertiary/aromatic N) is 3. The first-order valence-corrected chi connectivity index (χ1v) is 6.54. The van der Waals surface area contributed by atoms with Crippen LogP contribution in [0.25, 0.3) is 0 Å². The number of methoxy groups -OCH3 is 1. The summed E-state index contributed by atoms with van der Waals surface area (Å²) in [5.74, 6) is 0.877. The van der Waals surface area contributed by atoms with Crippen molar-refractivity contribution in [3.8, 4) is 0 Å². The number of anilines is 1. The molecule has 1 amide bonds. The Morgan fingerprint density at radius 3 is 2.84 bits per heavy atom. The SMILES string of the molecule is CCNC(=O)[C@@H]1CN(c2ncccn2)C[C@H]1COC. The number of nitrogens with one attached hydrogen (secondary N) is 1. The lowest BCUT2D eigenvalue weighted by Gasteiger charge is -2.15. The molecule has 0 unspecified atom stereocenters. The second-order valence-electron chi connectivity index (χ2n) is 4.67. The summed E-state index contributed by atoms with van der Waals surface area (Å²) in [6.45, 7) is 4.54. The van der Waals surface area contributed by atoms with E-state index in [9.17, 15) is 4.79 Å². The van der Waals surface area contributed by atoms with Crippen molar-refractivity contribution in [2.45, 2.75) is 6.92 Å². The molecule has 0 saturated carbocycles. The van der Waals surface area contributed by atoms with Crippen LogP contribution in [0.15, 0.2) is 18.5 Å². The quantitative estimate of drug-likeness (QED) is 0.829. The van der Waals surface area contributed by atoms with Gasteiger partial charge in [0.05, 0.1) is 12.5 Å². The van der Waals surface area contributed by atoms with E-state index in [1.54, 1.807) is 25.6 Å². The lowest BCUT2D eigenvalue weighted by molar-refractivity contribution is -0.125. The maximum Gasteiger partial charge on any atom is 0.225 e. The topological polar surface area (TPSA) is 67.4 Å². The van der Waals surface area contributed by atoms with Crippen molar-refractivity contribution in [3.05, 3.63) is 18.5 Å². The molecule has 2 heterocycles. The maximum absolute atomic E-state index is 12.1. The molecule has 1 aliphatic heterocycles. The van der Waals surface area contributed by atoms with Crippen molar-refractivity contribution in [2.24, 2.45) is 11.8 Å². The minimum Gasteiger partial charge on any atom is -0.384 e. The van der Waals surface area contributed by atoms with E-state index in [0.717, 1.165) is 6.54 Å². The van der Waals surface area contributed by atoms with Crippen LogP contribution in [0, 0.1) is 11.8 Å². The molecule has 0 aromatic carbocycles. The van der Waals surface area contributed by atoms with Gasteiger partial charge in [-0.25, -0.2) is 9.97 Å². The average molecular weight is 264 g/mol. The zero-order valence-electron chi connectivity index (χ0n) is 11.4. The van der Waals surface area contributed by atoms with Gasteiger partial charge < -0.3 is 15.0 Å². The summed E-state index contributed by atoms with van der Waals surface area (Å²) < 4.78 is 5.22. The molecule has 1 saturated heterocycles. The van der Waals surface area contributed by atoms with Crippen LogP contribution < -0.4 is 10.2 Å². The Labute approximate surface area is 113 Å². The molecule has 6 heteroatoms. The molecule has 2 rings (SSSR count). The number of aromatic nitrogens is 2. The summed E-state index contributed by atoms with van der Waals surface area (Å²) in [7, 11) is 1.66. The van der Waals surface area contributed by atoms with E-state index in [0.29, 0.717) is 25.6 Å². The van der Waals surface area contributed by atoms with Crippen LogP contribution in [0.3, 0.4) is 0 Å². The Hall–Kier alpha value is -1.69. The molecule has 0 bridgehead atoms. The third kappa shape index (κ3) is 3.20. The highest BCUT2D eigenvalue weighted by Crippen LogP contribution is 2.26. The summed E-state index contributed by atoms with van der Waals surface area (Å²) in [5.41, 5.74) is 0. The third-order valence-corrected chi connectivity index (χ3v) is 3.34. The van der Waals surface area contributed by atoms with Crippen LogP contribution >= 0.6 is 0 Å². The molecule has 1 fully saturated rings. The lowest BCUT2D eigenvalue weighted by atomic mass is 9.96. The summed E-state index contributed by atoms with van der Waals surface area (Å²) in [6.07, 6.45) is 3.43. The molecule has 0 aliphatic carbocycles. The van der Waals surface area contributed by atoms with Gasteiger partial charge in [0.2, 0.25) is 11.9 Å². The molecule has 6 nitrogen and oxygen atoms in total. The molecule has 1 aromatic heterocycles. The van der Waals surface area contributed by atoms with Crippen LogP contribution in [0.1, 0.15) is 6.92 Å². The van der Waals surface area contributed by atoms with E-state index in [2.05, 4.69) is 15.3 Å². The Bertz CT molecular complexity index is 412. The second-order valence-corrected chi connectivity index (χ2v) is 4.67. The number of carbonyl (C=O) groups is 1. The molecule has 0 spiro atoms. The zero-order chi connectivity index (χ0) is 13.7. The standard InChI is InChI=1S/C13H20N4O2/c1-3-14-12(18)11-8-17(7-10(11)9-19-2)13-15-5-4-6-16-13/h4-6,10-11H,3,7-9H2,1-2H3,(H,14,18)/t10-,11+/m0/s1. The van der Waals surface area contributed by atoms with Gasteiger partial charge in [0.1, 0.15) is 0 Å². The molecule has 1 aromatic rings. The maximum atomic E-state index is 12.1. The summed E-state index contributed by atoms with van der Waals surface area (Å²) in [6, 6.07) is 1.79. The fraction of sp³-hybridized carbons (Fsp3) is 0.615. The van der Waals surface area contributed by atoms with Crippen molar-refractivity contribution in [3.63, 3.8) is 0 Å². The van der Waals surface area contributed by atoms with Crippen LogP contribution in [-0.4, -0.2) is 49.2 Å². The molecule has 1 N–H and O–H groups in total. The van der Waals surface area contributed by atoms with E-state index in [-0.39, 0.29) is 17.7 Å². The van der Waals surface area contributed by atoms with Gasteiger partial charge in [0, 0.05) is 45.1 Å². The Morgan fingerprint density at radius 1 is 1.47 bits per heavy atom. The van der Waals surface area contributed by atoms with Crippen LogP contribution in [0.5, 0.6) is 0 Å². The molecule has 19 heavy (non-hydrogen) atoms. The van der Waals surface area contributed by atoms with Gasteiger partial charge in [-0.1, -0.05) is 0 Å². The minimum atomic E-state index is -0.0660. The number of rotatable bonds is 5. The number of amides is 1. The summed E-state index contributed by atoms with van der Waals surface area (Å²) in [5, 5.41) is 2.89. The fourth-order valence-corrected chi connectivity index (χ4v) is 2.47. The van der Waals surface area contributed by atoms with E-state index < -0.39 is 0 Å². The van der Waals surface area contributed by atoms with Crippen molar-refractivity contribution in [1.29, 1.82) is 0 Å². The van der Waals surface area contributed by atoms with Crippen LogP contribution in [-0.2, 0) is 9.53 Å². The Kier molecular flexibility index (Phi) is 4.68. The van der Waals surface area contributed by atoms with Crippen molar-refractivity contribution in [1.82, 2.24) is 15.3 Å². The molecular formula is C13H20N4O2. The van der Waals surface area contributed by atoms with Gasteiger partial charge in [0.15, 0.2) is 0 Å². The normalized spacial score (nSPS) is 22.5. The Balaban J connectivity index is 2.09. The zero-order valence-corrected chi connectivity index (χ0v) is 11.4. The first-order valence-electron chi connectivity index (χ1n) is 6.54. The smallest absolute Gasteiger partial charge is 0.225 e. The predicted octanol–water partition coefficient (Wildman–Crippen LogP) is 0.311. The number of carbonyl (C=O) groups excluding carboxylic acids is 1. The lowest BCUT2D eigenvalue weighted by Crippen LogP contribution is -2.36. The first-order chi connectivity index (χ1) is 9.26. The van der Waals surface area contributed by atoms with Gasteiger partial charge in [-0.2, -0.15) is 0 Å². The predicted molar refractivity (Wildman–Crippen MR) is 71.8 cm³/mol. The van der Waals surface area contributed by atoms with Gasteiger partial charge >= 0.3 is 0 Å². The highest BCUT2D eigenvalue weighted by molar-refractivity contribution is 5.80. The van der Waals surface area contributed by atoms with E-state index in [4.69, 9.17) is 4.74 Å². The van der Waals surface area contributed by atoms with E-state index in [1.165, 1.54) is 0 Å². The molecule has 0 radical (unpaired) electrons. The molecule has 1 aliphatic rings. The monoisotopic (exact) mass is 264 g/mol. The second kappa shape index (κ2) is 6.47. The number of ether oxygens (including phenoxy) is 1. The third-order valence-electron chi connectivity index (χ3n) is 3.34. The van der Waals surface area contributed by atoms with Crippen LogP contribution in [0.4, 0.5) is 5.95 Å². The van der Waals surface area contributed by atoms with Gasteiger partial charge in [-0.15, -0.1) is 0 Å². The molecular weight excluding hydrogens is 244 g/mol. The van der Waals surface area contributed by atoms with E-state index in [1.807, 2.05) is 11.8 Å². The highest BCUT2D eigenvalue weighted by atomic mass is 16.5. The van der Waals surface area contributed by atoms with Crippen molar-refractivity contribution >= 4 is 11.9 Å². The summed E-state index contributed by atoms with van der Waals surface area (Å²) >= 11 is 0.